The first-order valence-electron chi connectivity index (χ1n) is 5.90. The van der Waals surface area contributed by atoms with Crippen molar-refractivity contribution in [3.05, 3.63) is 29.6 Å². The first kappa shape index (κ1) is 15.4. The van der Waals surface area contributed by atoms with Crippen molar-refractivity contribution in [1.82, 2.24) is 0 Å². The van der Waals surface area contributed by atoms with Crippen molar-refractivity contribution in [2.45, 2.75) is 20.0 Å². The second-order valence-electron chi connectivity index (χ2n) is 4.86. The van der Waals surface area contributed by atoms with E-state index in [9.17, 15) is 9.50 Å². The molecule has 0 radical (unpaired) electrons. The zero-order valence-electron chi connectivity index (χ0n) is 11.3. The first-order valence-corrected chi connectivity index (χ1v) is 5.90. The molecule has 0 aliphatic rings. The fourth-order valence-corrected chi connectivity index (χ4v) is 1.54. The average Bonchev–Trinajstić information content (AvgIpc) is 2.39. The van der Waals surface area contributed by atoms with Gasteiger partial charge in [0, 0.05) is 5.56 Å². The van der Waals surface area contributed by atoms with Gasteiger partial charge in [-0.15, -0.1) is 0 Å². The Bertz CT molecular complexity index is 468. The van der Waals surface area contributed by atoms with E-state index < -0.39 is 17.3 Å². The second-order valence-corrected chi connectivity index (χ2v) is 4.86. The third-order valence-corrected chi connectivity index (χ3v) is 2.65. The number of nitrogens with zero attached hydrogens (tertiary/aromatic N) is 1. The van der Waals surface area contributed by atoms with Crippen LogP contribution in [0, 0.1) is 22.6 Å². The minimum Gasteiger partial charge on any atom is -0.496 e. The molecule has 1 rings (SSSR count). The van der Waals surface area contributed by atoms with Gasteiger partial charge in [0.15, 0.2) is 0 Å². The summed E-state index contributed by atoms with van der Waals surface area (Å²) in [5.74, 6) is 0.00704. The monoisotopic (exact) mass is 267 g/mol. The van der Waals surface area contributed by atoms with Gasteiger partial charge in [0.2, 0.25) is 0 Å². The zero-order valence-corrected chi connectivity index (χ0v) is 11.3. The average molecular weight is 267 g/mol. The molecule has 0 aliphatic heterocycles. The van der Waals surface area contributed by atoms with Crippen LogP contribution in [-0.2, 0) is 4.74 Å². The highest BCUT2D eigenvalue weighted by Gasteiger charge is 2.23. The number of halogens is 1. The van der Waals surface area contributed by atoms with Gasteiger partial charge in [-0.05, 0) is 32.0 Å². The second kappa shape index (κ2) is 6.50. The predicted molar refractivity (Wildman–Crippen MR) is 68.1 cm³/mol. The Labute approximate surface area is 112 Å². The first-order chi connectivity index (χ1) is 8.93. The Hall–Kier alpha value is -1.64. The van der Waals surface area contributed by atoms with E-state index in [0.29, 0.717) is 11.3 Å². The zero-order chi connectivity index (χ0) is 14.5. The summed E-state index contributed by atoms with van der Waals surface area (Å²) >= 11 is 0. The summed E-state index contributed by atoms with van der Waals surface area (Å²) in [6, 6.07) is 6.12. The molecule has 0 aromatic heterocycles. The Balaban J connectivity index is 2.91. The molecule has 19 heavy (non-hydrogen) atoms. The van der Waals surface area contributed by atoms with Crippen LogP contribution in [0.3, 0.4) is 0 Å². The standard InChI is InChI=1S/C14H18FNO3/c1-14(2,8-16)9-19-13(7-17)11-6-10(15)4-5-12(11)18-3/h4-6,13,17H,7,9H2,1-3H3. The van der Waals surface area contributed by atoms with E-state index in [4.69, 9.17) is 14.7 Å². The van der Waals surface area contributed by atoms with Crippen molar-refractivity contribution in [2.75, 3.05) is 20.3 Å². The van der Waals surface area contributed by atoms with Crippen LogP contribution in [-0.4, -0.2) is 25.4 Å². The lowest BCUT2D eigenvalue weighted by molar-refractivity contribution is -0.0148. The summed E-state index contributed by atoms with van der Waals surface area (Å²) in [5.41, 5.74) is -0.243. The van der Waals surface area contributed by atoms with Gasteiger partial charge < -0.3 is 14.6 Å². The third kappa shape index (κ3) is 4.19. The number of ether oxygens (including phenoxy) is 2. The van der Waals surface area contributed by atoms with Crippen molar-refractivity contribution in [3.8, 4) is 11.8 Å². The molecular weight excluding hydrogens is 249 g/mol. The van der Waals surface area contributed by atoms with E-state index in [1.165, 1.54) is 25.3 Å². The number of rotatable bonds is 6. The van der Waals surface area contributed by atoms with Gasteiger partial charge in [-0.1, -0.05) is 0 Å². The lowest BCUT2D eigenvalue weighted by Crippen LogP contribution is -2.21. The molecule has 104 valence electrons. The Morgan fingerprint density at radius 3 is 2.68 bits per heavy atom. The Morgan fingerprint density at radius 2 is 2.16 bits per heavy atom. The molecule has 0 saturated heterocycles. The molecule has 0 fully saturated rings. The Morgan fingerprint density at radius 1 is 1.47 bits per heavy atom. The van der Waals surface area contributed by atoms with E-state index in [1.807, 2.05) is 0 Å². The van der Waals surface area contributed by atoms with Crippen LogP contribution in [0.2, 0.25) is 0 Å². The molecule has 4 nitrogen and oxygen atoms in total. The smallest absolute Gasteiger partial charge is 0.124 e. The van der Waals surface area contributed by atoms with E-state index in [0.717, 1.165) is 0 Å². The SMILES string of the molecule is COc1ccc(F)cc1C(CO)OCC(C)(C)C#N. The fraction of sp³-hybridized carbons (Fsp3) is 0.500. The maximum Gasteiger partial charge on any atom is 0.124 e. The highest BCUT2D eigenvalue weighted by molar-refractivity contribution is 5.35. The topological polar surface area (TPSA) is 62.5 Å². The summed E-state index contributed by atoms with van der Waals surface area (Å²) in [5, 5.41) is 18.3. The highest BCUT2D eigenvalue weighted by Crippen LogP contribution is 2.29. The lowest BCUT2D eigenvalue weighted by Gasteiger charge is -2.22. The van der Waals surface area contributed by atoms with Crippen LogP contribution in [0.25, 0.3) is 0 Å². The molecule has 1 aromatic carbocycles. The molecule has 0 bridgehead atoms. The maximum atomic E-state index is 13.3. The predicted octanol–water partition coefficient (Wildman–Crippen LogP) is 2.43. The van der Waals surface area contributed by atoms with E-state index in [-0.39, 0.29) is 13.2 Å². The minimum atomic E-state index is -0.724. The highest BCUT2D eigenvalue weighted by atomic mass is 19.1. The van der Waals surface area contributed by atoms with Crippen LogP contribution in [0.4, 0.5) is 4.39 Å². The molecule has 0 spiro atoms. The molecule has 1 atom stereocenters. The van der Waals surface area contributed by atoms with E-state index in [1.54, 1.807) is 13.8 Å². The van der Waals surface area contributed by atoms with Gasteiger partial charge in [0.25, 0.3) is 0 Å². The van der Waals surface area contributed by atoms with Crippen LogP contribution >= 0.6 is 0 Å². The van der Waals surface area contributed by atoms with E-state index in [2.05, 4.69) is 6.07 Å². The van der Waals surface area contributed by atoms with Gasteiger partial charge in [0.05, 0.1) is 31.8 Å². The van der Waals surface area contributed by atoms with Crippen LogP contribution in [0.1, 0.15) is 25.5 Å². The van der Waals surface area contributed by atoms with Gasteiger partial charge in [-0.3, -0.25) is 0 Å². The molecule has 5 heteroatoms. The molecule has 0 saturated carbocycles. The van der Waals surface area contributed by atoms with E-state index >= 15 is 0 Å². The van der Waals surface area contributed by atoms with Crippen LogP contribution < -0.4 is 4.74 Å². The largest absolute Gasteiger partial charge is 0.496 e. The van der Waals surface area contributed by atoms with Crippen molar-refractivity contribution < 1.29 is 19.0 Å². The third-order valence-electron chi connectivity index (χ3n) is 2.65. The molecular formula is C14H18FNO3. The maximum absolute atomic E-state index is 13.3. The number of aliphatic hydroxyl groups excluding tert-OH is 1. The van der Waals surface area contributed by atoms with Gasteiger partial charge in [0.1, 0.15) is 17.7 Å². The van der Waals surface area contributed by atoms with Gasteiger partial charge >= 0.3 is 0 Å². The summed E-state index contributed by atoms with van der Waals surface area (Å²) < 4.78 is 23.9. The lowest BCUT2D eigenvalue weighted by atomic mass is 9.97. The van der Waals surface area contributed by atoms with Crippen LogP contribution in [0.15, 0.2) is 18.2 Å². The van der Waals surface area contributed by atoms with Gasteiger partial charge in [-0.25, -0.2) is 4.39 Å². The molecule has 1 unspecified atom stereocenters. The van der Waals surface area contributed by atoms with Gasteiger partial charge in [-0.2, -0.15) is 5.26 Å². The van der Waals surface area contributed by atoms with Crippen molar-refractivity contribution in [3.63, 3.8) is 0 Å². The molecule has 1 aromatic rings. The number of aliphatic hydroxyl groups is 1. The number of hydrogen-bond donors (Lipinski definition) is 1. The van der Waals surface area contributed by atoms with Crippen LogP contribution in [0.5, 0.6) is 5.75 Å². The van der Waals surface area contributed by atoms with Crippen molar-refractivity contribution in [1.29, 1.82) is 5.26 Å². The van der Waals surface area contributed by atoms with Crippen molar-refractivity contribution in [2.24, 2.45) is 5.41 Å². The normalized spacial score (nSPS) is 12.8. The minimum absolute atomic E-state index is 0.133. The summed E-state index contributed by atoms with van der Waals surface area (Å²) in [7, 11) is 1.46. The molecule has 0 heterocycles. The number of nitriles is 1. The molecule has 0 aliphatic carbocycles. The number of hydrogen-bond acceptors (Lipinski definition) is 4. The summed E-state index contributed by atoms with van der Waals surface area (Å²) in [6.07, 6.45) is -0.724. The number of benzene rings is 1. The Kier molecular flexibility index (Phi) is 5.28. The number of methoxy groups -OCH3 is 1. The summed E-state index contributed by atoms with van der Waals surface area (Å²) in [6.45, 7) is 3.27. The molecule has 1 N–H and O–H groups in total. The fourth-order valence-electron chi connectivity index (χ4n) is 1.54. The van der Waals surface area contributed by atoms with Crippen molar-refractivity contribution >= 4 is 0 Å². The quantitative estimate of drug-likeness (QED) is 0.859. The molecule has 0 amide bonds. The summed E-state index contributed by atoms with van der Waals surface area (Å²) in [4.78, 5) is 0.